The summed E-state index contributed by atoms with van der Waals surface area (Å²) in [5, 5.41) is 0. The lowest BCUT2D eigenvalue weighted by molar-refractivity contribution is -0.143. The number of piperidine rings is 1. The van der Waals surface area contributed by atoms with E-state index in [1.54, 1.807) is 0 Å². The molecule has 2 fully saturated rings. The number of hydrogen-bond donors (Lipinski definition) is 0. The van der Waals surface area contributed by atoms with Crippen LogP contribution < -0.4 is 0 Å². The minimum Gasteiger partial charge on any atom is -0.469 e. The molecule has 2 saturated heterocycles. The Labute approximate surface area is 133 Å². The molecule has 0 N–H and O–H groups in total. The summed E-state index contributed by atoms with van der Waals surface area (Å²) >= 11 is 0. The summed E-state index contributed by atoms with van der Waals surface area (Å²) in [6, 6.07) is 11.9. The molecule has 0 radical (unpaired) electrons. The van der Waals surface area contributed by atoms with E-state index in [4.69, 9.17) is 4.74 Å². The minimum absolute atomic E-state index is 0.0607. The lowest BCUT2D eigenvalue weighted by Gasteiger charge is -2.43. The summed E-state index contributed by atoms with van der Waals surface area (Å²) in [4.78, 5) is 14.4. The molecular weight excluding hydrogens is 274 g/mol. The number of rotatable bonds is 4. The highest BCUT2D eigenvalue weighted by atomic mass is 16.5. The fourth-order valence-electron chi connectivity index (χ4n) is 4.76. The van der Waals surface area contributed by atoms with Gasteiger partial charge in [-0.15, -0.1) is 0 Å². The lowest BCUT2D eigenvalue weighted by atomic mass is 9.75. The second-order valence-electron chi connectivity index (χ2n) is 7.14. The maximum Gasteiger partial charge on any atom is 0.305 e. The molecule has 2 bridgehead atoms. The number of nitrogens with zero attached hydrogens (tertiary/aromatic N) is 1. The molecule has 3 nitrogen and oxygen atoms in total. The predicted molar refractivity (Wildman–Crippen MR) is 87.5 cm³/mol. The average Bonchev–Trinajstić information content (AvgIpc) is 2.72. The molecule has 3 rings (SSSR count). The van der Waals surface area contributed by atoms with E-state index in [9.17, 15) is 4.79 Å². The van der Waals surface area contributed by atoms with Crippen molar-refractivity contribution in [2.24, 2.45) is 17.8 Å². The molecule has 2 unspecified atom stereocenters. The fraction of sp³-hybridized carbons (Fsp3) is 0.632. The number of fused-ring (bicyclic) bond motifs is 2. The normalized spacial score (nSPS) is 34.6. The van der Waals surface area contributed by atoms with Crippen molar-refractivity contribution in [1.82, 2.24) is 4.90 Å². The van der Waals surface area contributed by atoms with Crippen molar-refractivity contribution in [2.45, 2.75) is 44.7 Å². The van der Waals surface area contributed by atoms with Crippen LogP contribution >= 0.6 is 0 Å². The van der Waals surface area contributed by atoms with Crippen LogP contribution in [-0.4, -0.2) is 37.1 Å². The standard InChI is InChI=1S/C19H27NO2/c1-13-9-18-16(12-19(21)22-3)15(11-17(13)20(18)2)10-14-7-5-4-6-8-14/h4-8,13,15-18H,9-12H2,1-3H3/t13?,15-,16?,17+,18+/m0/s1. The van der Waals surface area contributed by atoms with Gasteiger partial charge < -0.3 is 4.74 Å². The van der Waals surface area contributed by atoms with Gasteiger partial charge in [-0.2, -0.15) is 0 Å². The molecule has 1 aromatic carbocycles. The Morgan fingerprint density at radius 1 is 1.23 bits per heavy atom. The first-order chi connectivity index (χ1) is 10.6. The highest BCUT2D eigenvalue weighted by Crippen LogP contribution is 2.46. The summed E-state index contributed by atoms with van der Waals surface area (Å²) in [6.45, 7) is 2.36. The van der Waals surface area contributed by atoms with Crippen molar-refractivity contribution in [3.8, 4) is 0 Å². The van der Waals surface area contributed by atoms with E-state index < -0.39 is 0 Å². The van der Waals surface area contributed by atoms with Crippen LogP contribution in [0.3, 0.4) is 0 Å². The maximum atomic E-state index is 11.9. The molecule has 1 aromatic rings. The van der Waals surface area contributed by atoms with E-state index in [1.807, 2.05) is 0 Å². The van der Waals surface area contributed by atoms with Crippen molar-refractivity contribution in [3.05, 3.63) is 35.9 Å². The molecule has 2 heterocycles. The van der Waals surface area contributed by atoms with Gasteiger partial charge in [-0.25, -0.2) is 0 Å². The molecule has 3 heteroatoms. The molecule has 0 spiro atoms. The SMILES string of the molecule is COC(=O)CC1[C@@H](Cc2ccccc2)C[C@@H]2C(C)C[C@H]1N2C. The van der Waals surface area contributed by atoms with E-state index in [0.717, 1.165) is 12.3 Å². The Bertz CT molecular complexity index is 515. The third-order valence-corrected chi connectivity index (χ3v) is 5.93. The molecule has 120 valence electrons. The second-order valence-corrected chi connectivity index (χ2v) is 7.14. The van der Waals surface area contributed by atoms with Crippen molar-refractivity contribution in [1.29, 1.82) is 0 Å². The largest absolute Gasteiger partial charge is 0.469 e. The summed E-state index contributed by atoms with van der Waals surface area (Å²) < 4.78 is 4.96. The topological polar surface area (TPSA) is 29.5 Å². The number of ether oxygens (including phenoxy) is 1. The van der Waals surface area contributed by atoms with Crippen LogP contribution in [0.2, 0.25) is 0 Å². The highest BCUT2D eigenvalue weighted by molar-refractivity contribution is 5.69. The number of esters is 1. The average molecular weight is 301 g/mol. The third kappa shape index (κ3) is 2.91. The summed E-state index contributed by atoms with van der Waals surface area (Å²) in [5.74, 6) is 1.67. The van der Waals surface area contributed by atoms with Crippen LogP contribution in [0, 0.1) is 17.8 Å². The first kappa shape index (κ1) is 15.5. The van der Waals surface area contributed by atoms with Crippen molar-refractivity contribution in [3.63, 3.8) is 0 Å². The van der Waals surface area contributed by atoms with Crippen LogP contribution in [0.4, 0.5) is 0 Å². The zero-order valence-electron chi connectivity index (χ0n) is 13.9. The zero-order chi connectivity index (χ0) is 15.7. The summed E-state index contributed by atoms with van der Waals surface area (Å²) in [6.07, 6.45) is 4.05. The summed E-state index contributed by atoms with van der Waals surface area (Å²) in [5.41, 5.74) is 1.39. The maximum absolute atomic E-state index is 11.9. The minimum atomic E-state index is -0.0607. The zero-order valence-corrected chi connectivity index (χ0v) is 13.9. The van der Waals surface area contributed by atoms with Crippen LogP contribution in [0.15, 0.2) is 30.3 Å². The first-order valence-electron chi connectivity index (χ1n) is 8.42. The molecule has 0 saturated carbocycles. The fourth-order valence-corrected chi connectivity index (χ4v) is 4.76. The molecule has 0 aliphatic carbocycles. The second kappa shape index (κ2) is 6.41. The smallest absolute Gasteiger partial charge is 0.305 e. The Morgan fingerprint density at radius 2 is 1.95 bits per heavy atom. The monoisotopic (exact) mass is 301 g/mol. The number of methoxy groups -OCH3 is 1. The Morgan fingerprint density at radius 3 is 2.64 bits per heavy atom. The number of carbonyl (C=O) groups excluding carboxylic acids is 1. The van der Waals surface area contributed by atoms with E-state index in [0.29, 0.717) is 30.3 Å². The Balaban J connectivity index is 1.81. The van der Waals surface area contributed by atoms with Crippen molar-refractivity contribution < 1.29 is 9.53 Å². The molecule has 2 aliphatic rings. The van der Waals surface area contributed by atoms with E-state index in [2.05, 4.69) is 49.2 Å². The van der Waals surface area contributed by atoms with Gasteiger partial charge >= 0.3 is 5.97 Å². The lowest BCUT2D eigenvalue weighted by Crippen LogP contribution is -2.48. The van der Waals surface area contributed by atoms with Gasteiger partial charge in [-0.3, -0.25) is 9.69 Å². The Hall–Kier alpha value is -1.35. The van der Waals surface area contributed by atoms with Gasteiger partial charge in [0.25, 0.3) is 0 Å². The molecule has 2 aliphatic heterocycles. The van der Waals surface area contributed by atoms with Crippen LogP contribution in [0.5, 0.6) is 0 Å². The highest BCUT2D eigenvalue weighted by Gasteiger charge is 2.49. The first-order valence-corrected chi connectivity index (χ1v) is 8.42. The van der Waals surface area contributed by atoms with Gasteiger partial charge in [0.15, 0.2) is 0 Å². The van der Waals surface area contributed by atoms with E-state index >= 15 is 0 Å². The number of benzene rings is 1. The number of hydrogen-bond acceptors (Lipinski definition) is 3. The van der Waals surface area contributed by atoms with E-state index in [-0.39, 0.29) is 5.97 Å². The van der Waals surface area contributed by atoms with Gasteiger partial charge in [0.2, 0.25) is 0 Å². The van der Waals surface area contributed by atoms with Gasteiger partial charge in [-0.05, 0) is 49.6 Å². The predicted octanol–water partition coefficient (Wildman–Crippen LogP) is 3.14. The van der Waals surface area contributed by atoms with Gasteiger partial charge in [0, 0.05) is 12.1 Å². The molecule has 22 heavy (non-hydrogen) atoms. The van der Waals surface area contributed by atoms with Gasteiger partial charge in [0.05, 0.1) is 13.5 Å². The van der Waals surface area contributed by atoms with Crippen LogP contribution in [0.1, 0.15) is 31.7 Å². The molecule has 0 aromatic heterocycles. The molecule has 0 amide bonds. The van der Waals surface area contributed by atoms with Gasteiger partial charge in [-0.1, -0.05) is 37.3 Å². The molecule has 5 atom stereocenters. The van der Waals surface area contributed by atoms with Gasteiger partial charge in [0.1, 0.15) is 0 Å². The van der Waals surface area contributed by atoms with E-state index in [1.165, 1.54) is 25.5 Å². The number of carbonyl (C=O) groups is 1. The van der Waals surface area contributed by atoms with Crippen LogP contribution in [0.25, 0.3) is 0 Å². The van der Waals surface area contributed by atoms with Crippen molar-refractivity contribution in [2.75, 3.05) is 14.2 Å². The molecular formula is C19H27NO2. The Kier molecular flexibility index (Phi) is 4.53. The quantitative estimate of drug-likeness (QED) is 0.800. The van der Waals surface area contributed by atoms with Crippen molar-refractivity contribution >= 4 is 5.97 Å². The third-order valence-electron chi connectivity index (χ3n) is 5.93. The summed E-state index contributed by atoms with van der Waals surface area (Å²) in [7, 11) is 3.74. The van der Waals surface area contributed by atoms with Crippen LogP contribution in [-0.2, 0) is 16.0 Å².